The minimum atomic E-state index is 0.172. The summed E-state index contributed by atoms with van der Waals surface area (Å²) >= 11 is 0. The third kappa shape index (κ3) is 3.14. The topological polar surface area (TPSA) is 50.8 Å². The molecule has 124 valence electrons. The van der Waals surface area contributed by atoms with Crippen LogP contribution in [0.5, 0.6) is 0 Å². The molecule has 1 heterocycles. The molecule has 0 aliphatic carbocycles. The van der Waals surface area contributed by atoms with Crippen molar-refractivity contribution in [1.29, 1.82) is 10.5 Å². The van der Waals surface area contributed by atoms with Crippen LogP contribution < -0.4 is 4.90 Å². The summed E-state index contributed by atoms with van der Waals surface area (Å²) in [5.41, 5.74) is 5.02. The van der Waals surface area contributed by atoms with Gasteiger partial charge in [0.25, 0.3) is 0 Å². The van der Waals surface area contributed by atoms with Gasteiger partial charge in [0.2, 0.25) is 0 Å². The van der Waals surface area contributed by atoms with E-state index < -0.39 is 0 Å². The predicted octanol–water partition coefficient (Wildman–Crippen LogP) is 5.57. The molecule has 0 amide bonds. The first kappa shape index (κ1) is 16.8. The smallest absolute Gasteiger partial charge is 0.138 e. The molecule has 0 fully saturated rings. The van der Waals surface area contributed by atoms with Crippen molar-refractivity contribution in [2.45, 2.75) is 32.6 Å². The predicted molar refractivity (Wildman–Crippen MR) is 101 cm³/mol. The number of unbranched alkanes of at least 4 members (excludes halogenated alkanes) is 3. The van der Waals surface area contributed by atoms with Crippen LogP contribution in [-0.4, -0.2) is 6.54 Å². The van der Waals surface area contributed by atoms with Crippen LogP contribution in [-0.2, 0) is 0 Å². The molecular weight excluding hydrogens is 306 g/mol. The van der Waals surface area contributed by atoms with Crippen LogP contribution in [0.2, 0.25) is 0 Å². The molecule has 1 aliphatic rings. The van der Waals surface area contributed by atoms with E-state index in [4.69, 9.17) is 0 Å². The molecule has 0 aromatic heterocycles. The van der Waals surface area contributed by atoms with Crippen LogP contribution in [0.4, 0.5) is 11.4 Å². The van der Waals surface area contributed by atoms with Crippen molar-refractivity contribution >= 4 is 16.9 Å². The van der Waals surface area contributed by atoms with Crippen molar-refractivity contribution in [2.75, 3.05) is 11.4 Å². The molecule has 1 aliphatic heterocycles. The molecule has 0 bridgehead atoms. The lowest BCUT2D eigenvalue weighted by atomic mass is 9.87. The fraction of sp³-hybridized carbons (Fsp3) is 0.273. The second-order valence-electron chi connectivity index (χ2n) is 6.22. The molecule has 2 aromatic rings. The Hall–Kier alpha value is -3.04. The second-order valence-corrected chi connectivity index (χ2v) is 6.22. The van der Waals surface area contributed by atoms with E-state index >= 15 is 0 Å². The van der Waals surface area contributed by atoms with Crippen LogP contribution >= 0.6 is 0 Å². The highest BCUT2D eigenvalue weighted by atomic mass is 15.1. The number of hydrogen-bond donors (Lipinski definition) is 0. The lowest BCUT2D eigenvalue weighted by Crippen LogP contribution is -2.24. The number of nitrogens with zero attached hydrogens (tertiary/aromatic N) is 3. The molecule has 0 saturated heterocycles. The number of anilines is 2. The molecule has 0 saturated carbocycles. The standard InChI is InChI=1S/C22H21N3/c1-2-3-4-9-14-25-20-12-7-5-10-18(20)22(17(15-23)16-24)19-11-6-8-13-21(19)25/h5-8,10-13H,2-4,9,14H2,1H3. The van der Waals surface area contributed by atoms with Gasteiger partial charge < -0.3 is 4.90 Å². The van der Waals surface area contributed by atoms with E-state index in [-0.39, 0.29) is 5.57 Å². The molecule has 3 rings (SSSR count). The van der Waals surface area contributed by atoms with Crippen molar-refractivity contribution in [2.24, 2.45) is 0 Å². The SMILES string of the molecule is CCCCCCN1c2ccccc2C(=C(C#N)C#N)c2ccccc21. The van der Waals surface area contributed by atoms with E-state index in [9.17, 15) is 10.5 Å². The summed E-state index contributed by atoms with van der Waals surface area (Å²) in [4.78, 5) is 2.33. The first-order valence-corrected chi connectivity index (χ1v) is 8.82. The zero-order valence-corrected chi connectivity index (χ0v) is 14.5. The van der Waals surface area contributed by atoms with Crippen molar-refractivity contribution in [3.8, 4) is 12.1 Å². The number of benzene rings is 2. The Morgan fingerprint density at radius 1 is 0.840 bits per heavy atom. The summed E-state index contributed by atoms with van der Waals surface area (Å²) in [7, 11) is 0. The Bertz CT molecular complexity index is 815. The maximum absolute atomic E-state index is 9.45. The minimum absolute atomic E-state index is 0.172. The van der Waals surface area contributed by atoms with Crippen LogP contribution in [0.3, 0.4) is 0 Å². The van der Waals surface area contributed by atoms with Gasteiger partial charge >= 0.3 is 0 Å². The van der Waals surface area contributed by atoms with E-state index in [0.717, 1.165) is 41.0 Å². The largest absolute Gasteiger partial charge is 0.340 e. The van der Waals surface area contributed by atoms with Crippen LogP contribution in [0.1, 0.15) is 43.7 Å². The third-order valence-electron chi connectivity index (χ3n) is 4.64. The van der Waals surface area contributed by atoms with Gasteiger partial charge in [0.05, 0.1) is 0 Å². The number of rotatable bonds is 5. The highest BCUT2D eigenvalue weighted by molar-refractivity contribution is 6.00. The van der Waals surface area contributed by atoms with Gasteiger partial charge in [-0.1, -0.05) is 62.6 Å². The number of fused-ring (bicyclic) bond motifs is 2. The zero-order valence-electron chi connectivity index (χ0n) is 14.5. The number of hydrogen-bond acceptors (Lipinski definition) is 3. The average Bonchev–Trinajstić information content (AvgIpc) is 2.67. The van der Waals surface area contributed by atoms with Crippen LogP contribution in [0.15, 0.2) is 54.1 Å². The van der Waals surface area contributed by atoms with E-state index in [0.29, 0.717) is 0 Å². The van der Waals surface area contributed by atoms with Crippen molar-refractivity contribution in [1.82, 2.24) is 0 Å². The van der Waals surface area contributed by atoms with Crippen LogP contribution in [0.25, 0.3) is 5.57 Å². The first-order chi connectivity index (χ1) is 12.3. The number of allylic oxidation sites excluding steroid dienone is 1. The Kier molecular flexibility index (Phi) is 5.17. The summed E-state index contributed by atoms with van der Waals surface area (Å²) in [5, 5.41) is 18.9. The molecule has 2 aromatic carbocycles. The maximum Gasteiger partial charge on any atom is 0.138 e. The molecule has 3 nitrogen and oxygen atoms in total. The summed E-state index contributed by atoms with van der Waals surface area (Å²) in [6.45, 7) is 3.16. The third-order valence-corrected chi connectivity index (χ3v) is 4.64. The zero-order chi connectivity index (χ0) is 17.6. The fourth-order valence-electron chi connectivity index (χ4n) is 3.46. The molecule has 25 heavy (non-hydrogen) atoms. The Balaban J connectivity index is 2.14. The van der Waals surface area contributed by atoms with Crippen molar-refractivity contribution < 1.29 is 0 Å². The Morgan fingerprint density at radius 2 is 1.40 bits per heavy atom. The number of nitriles is 2. The fourth-order valence-corrected chi connectivity index (χ4v) is 3.46. The average molecular weight is 327 g/mol. The van der Waals surface area contributed by atoms with Gasteiger partial charge in [0.15, 0.2) is 0 Å². The van der Waals surface area contributed by atoms with E-state index in [1.54, 1.807) is 0 Å². The second kappa shape index (κ2) is 7.69. The lowest BCUT2D eigenvalue weighted by molar-refractivity contribution is 0.667. The minimum Gasteiger partial charge on any atom is -0.340 e. The molecule has 3 heteroatoms. The highest BCUT2D eigenvalue weighted by Crippen LogP contribution is 2.46. The van der Waals surface area contributed by atoms with Gasteiger partial charge in [-0.05, 0) is 18.6 Å². The van der Waals surface area contributed by atoms with Gasteiger partial charge in [-0.2, -0.15) is 10.5 Å². The molecule has 0 N–H and O–H groups in total. The van der Waals surface area contributed by atoms with Gasteiger partial charge in [-0.15, -0.1) is 0 Å². The normalized spacial score (nSPS) is 12.0. The van der Waals surface area contributed by atoms with Gasteiger partial charge in [-0.25, -0.2) is 0 Å². The summed E-state index contributed by atoms with van der Waals surface area (Å²) in [5.74, 6) is 0. The summed E-state index contributed by atoms with van der Waals surface area (Å²) in [6.07, 6.45) is 4.80. The Labute approximate surface area is 149 Å². The quantitative estimate of drug-likeness (QED) is 0.533. The summed E-state index contributed by atoms with van der Waals surface area (Å²) < 4.78 is 0. The first-order valence-electron chi connectivity index (χ1n) is 8.82. The maximum atomic E-state index is 9.45. The van der Waals surface area contributed by atoms with Gasteiger partial charge in [-0.3, -0.25) is 0 Å². The summed E-state index contributed by atoms with van der Waals surface area (Å²) in [6, 6.07) is 20.3. The molecule has 0 unspecified atom stereocenters. The van der Waals surface area contributed by atoms with Crippen LogP contribution in [0, 0.1) is 22.7 Å². The van der Waals surface area contributed by atoms with Gasteiger partial charge in [0.1, 0.15) is 17.7 Å². The highest BCUT2D eigenvalue weighted by Gasteiger charge is 2.27. The molecule has 0 spiro atoms. The monoisotopic (exact) mass is 327 g/mol. The molecule has 0 atom stereocenters. The van der Waals surface area contributed by atoms with E-state index in [2.05, 4.69) is 36.1 Å². The van der Waals surface area contributed by atoms with Crippen molar-refractivity contribution in [3.63, 3.8) is 0 Å². The lowest BCUT2D eigenvalue weighted by Gasteiger charge is -2.34. The molecular formula is C22H21N3. The van der Waals surface area contributed by atoms with Gasteiger partial charge in [0, 0.05) is 34.6 Å². The molecule has 0 radical (unpaired) electrons. The Morgan fingerprint density at radius 3 is 1.92 bits per heavy atom. The van der Waals surface area contributed by atoms with Crippen molar-refractivity contribution in [3.05, 3.63) is 65.2 Å². The van der Waals surface area contributed by atoms with E-state index in [1.165, 1.54) is 19.3 Å². The van der Waals surface area contributed by atoms with E-state index in [1.807, 2.05) is 36.4 Å². The number of para-hydroxylation sites is 2.